The van der Waals surface area contributed by atoms with Crippen LogP contribution in [-0.2, 0) is 16.1 Å². The lowest BCUT2D eigenvalue weighted by molar-refractivity contribution is 0.0281. The molecule has 0 bridgehead atoms. The van der Waals surface area contributed by atoms with Crippen molar-refractivity contribution in [3.05, 3.63) is 35.9 Å². The summed E-state index contributed by atoms with van der Waals surface area (Å²) in [5.41, 5.74) is 3.17. The zero-order valence-corrected chi connectivity index (χ0v) is 19.8. The first-order chi connectivity index (χ1) is 15.7. The van der Waals surface area contributed by atoms with Crippen molar-refractivity contribution in [2.45, 2.75) is 70.8 Å². The summed E-state index contributed by atoms with van der Waals surface area (Å²) in [5, 5.41) is 12.0. The van der Waals surface area contributed by atoms with Crippen molar-refractivity contribution in [2.75, 3.05) is 19.6 Å². The summed E-state index contributed by atoms with van der Waals surface area (Å²) in [4.78, 5) is 26.2. The number of likely N-dealkylation sites (tertiary alicyclic amines) is 1. The van der Waals surface area contributed by atoms with E-state index in [-0.39, 0.29) is 18.6 Å². The van der Waals surface area contributed by atoms with E-state index in [9.17, 15) is 14.7 Å². The maximum absolute atomic E-state index is 12.7. The van der Waals surface area contributed by atoms with Crippen LogP contribution in [0.5, 0.6) is 0 Å². The lowest BCUT2D eigenvalue weighted by atomic mass is 9.95. The van der Waals surface area contributed by atoms with Gasteiger partial charge in [-0.05, 0) is 45.6 Å². The summed E-state index contributed by atoms with van der Waals surface area (Å²) in [7, 11) is 0. The zero-order chi connectivity index (χ0) is 23.8. The molecule has 2 aliphatic heterocycles. The van der Waals surface area contributed by atoms with Gasteiger partial charge in [0.05, 0.1) is 12.1 Å². The van der Waals surface area contributed by atoms with E-state index in [0.29, 0.717) is 32.5 Å². The highest BCUT2D eigenvalue weighted by molar-refractivity contribution is 5.69. The number of carbonyl (C=O) groups is 2. The zero-order valence-electron chi connectivity index (χ0n) is 19.8. The predicted octanol–water partition coefficient (Wildman–Crippen LogP) is 3.30. The molecule has 3 rings (SSSR count). The molecule has 2 saturated heterocycles. The summed E-state index contributed by atoms with van der Waals surface area (Å²) in [6, 6.07) is 9.19. The lowest BCUT2D eigenvalue weighted by Crippen LogP contribution is -2.48. The van der Waals surface area contributed by atoms with Crippen LogP contribution in [0.25, 0.3) is 0 Å². The van der Waals surface area contributed by atoms with Crippen LogP contribution in [0.1, 0.15) is 52.0 Å². The molecular formula is C25H35N3O5. The van der Waals surface area contributed by atoms with Crippen molar-refractivity contribution in [3.8, 4) is 11.8 Å². The van der Waals surface area contributed by atoms with E-state index in [0.717, 1.165) is 18.4 Å². The molecule has 33 heavy (non-hydrogen) atoms. The van der Waals surface area contributed by atoms with E-state index in [1.54, 1.807) is 4.90 Å². The molecular weight excluding hydrogens is 422 g/mol. The third-order valence-electron chi connectivity index (χ3n) is 5.61. The van der Waals surface area contributed by atoms with E-state index >= 15 is 0 Å². The van der Waals surface area contributed by atoms with Gasteiger partial charge in [-0.1, -0.05) is 42.2 Å². The van der Waals surface area contributed by atoms with Crippen molar-refractivity contribution in [1.29, 1.82) is 0 Å². The Labute approximate surface area is 196 Å². The van der Waals surface area contributed by atoms with Gasteiger partial charge in [-0.2, -0.15) is 0 Å². The molecule has 2 amide bonds. The second kappa shape index (κ2) is 11.4. The van der Waals surface area contributed by atoms with E-state index in [1.165, 1.54) is 0 Å². The number of carbonyl (C=O) groups excluding carboxylic acids is 2. The maximum atomic E-state index is 12.7. The largest absolute Gasteiger partial charge is 0.445 e. The molecule has 1 aromatic carbocycles. The lowest BCUT2D eigenvalue weighted by Gasteiger charge is -2.34. The Kier molecular flexibility index (Phi) is 8.59. The van der Waals surface area contributed by atoms with E-state index in [2.05, 4.69) is 17.3 Å². The number of amides is 2. The van der Waals surface area contributed by atoms with Crippen molar-refractivity contribution < 1.29 is 24.2 Å². The fraction of sp³-hybridized carbons (Fsp3) is 0.600. The summed E-state index contributed by atoms with van der Waals surface area (Å²) < 4.78 is 10.8. The van der Waals surface area contributed by atoms with Gasteiger partial charge in [0.25, 0.3) is 0 Å². The quantitative estimate of drug-likeness (QED) is 0.677. The van der Waals surface area contributed by atoms with Gasteiger partial charge in [-0.3, -0.25) is 10.3 Å². The topological polar surface area (TPSA) is 91.3 Å². The fourth-order valence-corrected chi connectivity index (χ4v) is 3.88. The Hall–Kier alpha value is -2.76. The first-order valence-electron chi connectivity index (χ1n) is 11.6. The average Bonchev–Trinajstić information content (AvgIpc) is 2.76. The Morgan fingerprint density at radius 3 is 2.45 bits per heavy atom. The molecule has 0 aromatic heterocycles. The van der Waals surface area contributed by atoms with Crippen LogP contribution in [0.4, 0.5) is 9.59 Å². The molecule has 2 heterocycles. The SMILES string of the molecule is CC(C)(C)OC(=O)NN1CCC(C#CC2CC(O)CCN2C(=O)OCc2ccccc2)CC1. The number of ether oxygens (including phenoxy) is 2. The number of hydrogen-bond acceptors (Lipinski definition) is 6. The van der Waals surface area contributed by atoms with Crippen LogP contribution >= 0.6 is 0 Å². The molecule has 8 heteroatoms. The summed E-state index contributed by atoms with van der Waals surface area (Å²) in [6.07, 6.45) is 1.23. The van der Waals surface area contributed by atoms with Gasteiger partial charge in [0.2, 0.25) is 0 Å². The van der Waals surface area contributed by atoms with E-state index in [4.69, 9.17) is 9.47 Å². The van der Waals surface area contributed by atoms with Crippen molar-refractivity contribution >= 4 is 12.2 Å². The van der Waals surface area contributed by atoms with Gasteiger partial charge >= 0.3 is 12.2 Å². The van der Waals surface area contributed by atoms with Crippen LogP contribution in [0.3, 0.4) is 0 Å². The molecule has 2 fully saturated rings. The number of nitrogens with zero attached hydrogens (tertiary/aromatic N) is 2. The molecule has 0 spiro atoms. The minimum atomic E-state index is -0.535. The van der Waals surface area contributed by atoms with Crippen LogP contribution < -0.4 is 5.43 Å². The van der Waals surface area contributed by atoms with Crippen LogP contribution in [-0.4, -0.2) is 64.6 Å². The van der Waals surface area contributed by atoms with Gasteiger partial charge < -0.3 is 14.6 Å². The first-order valence-corrected chi connectivity index (χ1v) is 11.6. The molecule has 180 valence electrons. The van der Waals surface area contributed by atoms with Gasteiger partial charge in [0.15, 0.2) is 0 Å². The van der Waals surface area contributed by atoms with Crippen molar-refractivity contribution in [2.24, 2.45) is 5.92 Å². The Morgan fingerprint density at radius 1 is 1.09 bits per heavy atom. The molecule has 2 atom stereocenters. The number of hydrazine groups is 1. The number of nitrogens with one attached hydrogen (secondary N) is 1. The monoisotopic (exact) mass is 457 g/mol. The molecule has 2 N–H and O–H groups in total. The molecule has 0 saturated carbocycles. The molecule has 2 unspecified atom stereocenters. The molecule has 1 aromatic rings. The van der Waals surface area contributed by atoms with Gasteiger partial charge in [0, 0.05) is 32.0 Å². The number of aliphatic hydroxyl groups is 1. The van der Waals surface area contributed by atoms with Gasteiger partial charge in [0.1, 0.15) is 12.2 Å². The van der Waals surface area contributed by atoms with Gasteiger partial charge in [-0.25, -0.2) is 14.6 Å². The standard InChI is InChI=1S/C25H35N3O5/c1-25(2,3)33-23(30)26-27-14-11-19(12-15-27)9-10-21-17-22(29)13-16-28(21)24(31)32-18-20-7-5-4-6-8-20/h4-8,19,21-22,29H,11-18H2,1-3H3,(H,26,30). The van der Waals surface area contributed by atoms with Crippen molar-refractivity contribution in [3.63, 3.8) is 0 Å². The normalized spacial score (nSPS) is 22.1. The number of benzene rings is 1. The minimum Gasteiger partial charge on any atom is -0.445 e. The third-order valence-corrected chi connectivity index (χ3v) is 5.61. The summed E-state index contributed by atoms with van der Waals surface area (Å²) >= 11 is 0. The highest BCUT2D eigenvalue weighted by Gasteiger charge is 2.31. The Morgan fingerprint density at radius 2 is 1.79 bits per heavy atom. The molecule has 0 radical (unpaired) electrons. The van der Waals surface area contributed by atoms with Crippen LogP contribution in [0.15, 0.2) is 30.3 Å². The summed E-state index contributed by atoms with van der Waals surface area (Å²) in [6.45, 7) is 7.48. The second-order valence-electron chi connectivity index (χ2n) is 9.59. The Balaban J connectivity index is 1.50. The number of rotatable bonds is 3. The van der Waals surface area contributed by atoms with Crippen LogP contribution in [0, 0.1) is 17.8 Å². The minimum absolute atomic E-state index is 0.169. The molecule has 0 aliphatic carbocycles. The first kappa shape index (κ1) is 24.9. The van der Waals surface area contributed by atoms with Gasteiger partial charge in [-0.15, -0.1) is 0 Å². The Bertz CT molecular complexity index is 850. The fourth-order valence-electron chi connectivity index (χ4n) is 3.88. The van der Waals surface area contributed by atoms with E-state index < -0.39 is 23.9 Å². The second-order valence-corrected chi connectivity index (χ2v) is 9.59. The highest BCUT2D eigenvalue weighted by atomic mass is 16.6. The number of piperidine rings is 2. The molecule has 2 aliphatic rings. The highest BCUT2D eigenvalue weighted by Crippen LogP contribution is 2.20. The third kappa shape index (κ3) is 8.26. The number of hydrogen-bond donors (Lipinski definition) is 2. The summed E-state index contributed by atoms with van der Waals surface area (Å²) in [5.74, 6) is 6.69. The van der Waals surface area contributed by atoms with Crippen molar-refractivity contribution in [1.82, 2.24) is 15.3 Å². The van der Waals surface area contributed by atoms with E-state index in [1.807, 2.05) is 56.1 Å². The predicted molar refractivity (Wildman–Crippen MR) is 124 cm³/mol. The van der Waals surface area contributed by atoms with Crippen LogP contribution in [0.2, 0.25) is 0 Å². The molecule has 8 nitrogen and oxygen atoms in total. The number of aliphatic hydroxyl groups excluding tert-OH is 1. The maximum Gasteiger partial charge on any atom is 0.422 e. The average molecular weight is 458 g/mol. The smallest absolute Gasteiger partial charge is 0.422 e.